The van der Waals surface area contributed by atoms with Crippen LogP contribution in [0.5, 0.6) is 0 Å². The third-order valence-electron chi connectivity index (χ3n) is 4.98. The Hall–Kier alpha value is -3.30. The Balaban J connectivity index is 1.34. The number of aromatic nitrogens is 3. The zero-order valence-electron chi connectivity index (χ0n) is 18.4. The molecule has 9 nitrogen and oxygen atoms in total. The Morgan fingerprint density at radius 1 is 1.19 bits per heavy atom. The molecule has 1 saturated heterocycles. The van der Waals surface area contributed by atoms with Crippen LogP contribution in [0.3, 0.4) is 0 Å². The van der Waals surface area contributed by atoms with Crippen molar-refractivity contribution in [2.75, 3.05) is 11.9 Å². The van der Waals surface area contributed by atoms with E-state index in [4.69, 9.17) is 9.47 Å². The summed E-state index contributed by atoms with van der Waals surface area (Å²) in [5.74, 6) is 0.212. The monoisotopic (exact) mass is 437 g/mol. The van der Waals surface area contributed by atoms with E-state index < -0.39 is 11.7 Å². The zero-order valence-corrected chi connectivity index (χ0v) is 18.4. The lowest BCUT2D eigenvalue weighted by molar-refractivity contribution is -0.118. The third-order valence-corrected chi connectivity index (χ3v) is 4.98. The van der Waals surface area contributed by atoms with Crippen LogP contribution in [-0.2, 0) is 20.9 Å². The molecule has 2 aromatic heterocycles. The number of nitrogens with one attached hydrogen (secondary N) is 2. The minimum Gasteiger partial charge on any atom is -0.442 e. The Morgan fingerprint density at radius 3 is 2.72 bits per heavy atom. The molecule has 2 atom stereocenters. The van der Waals surface area contributed by atoms with Crippen molar-refractivity contribution in [2.24, 2.45) is 0 Å². The predicted octanol–water partition coefficient (Wildman–Crippen LogP) is 3.10. The summed E-state index contributed by atoms with van der Waals surface area (Å²) >= 11 is 0. The second-order valence-electron chi connectivity index (χ2n) is 8.74. The maximum absolute atomic E-state index is 12.7. The second-order valence-corrected chi connectivity index (χ2v) is 8.74. The quantitative estimate of drug-likeness (QED) is 0.631. The average Bonchev–Trinajstić information content (AvgIpc) is 3.39. The van der Waals surface area contributed by atoms with E-state index in [1.54, 1.807) is 32.9 Å². The summed E-state index contributed by atoms with van der Waals surface area (Å²) in [5.41, 5.74) is 1.46. The molecule has 3 aromatic rings. The molecule has 1 aliphatic rings. The molecule has 0 spiro atoms. The van der Waals surface area contributed by atoms with Gasteiger partial charge in [0.2, 0.25) is 5.91 Å². The maximum Gasteiger partial charge on any atom is 0.435 e. The van der Waals surface area contributed by atoms with Gasteiger partial charge in [0, 0.05) is 6.54 Å². The largest absolute Gasteiger partial charge is 0.442 e. The first-order valence-electron chi connectivity index (χ1n) is 10.6. The number of ether oxygens (including phenoxy) is 2. The first-order valence-corrected chi connectivity index (χ1v) is 10.6. The number of pyridine rings is 1. The van der Waals surface area contributed by atoms with E-state index >= 15 is 0 Å². The summed E-state index contributed by atoms with van der Waals surface area (Å²) < 4.78 is 12.4. The van der Waals surface area contributed by atoms with Crippen molar-refractivity contribution in [1.29, 1.82) is 0 Å². The normalized spacial score (nSPS) is 18.6. The highest BCUT2D eigenvalue weighted by Crippen LogP contribution is 2.19. The number of benzene rings is 1. The number of hydrogen-bond donors (Lipinski definition) is 2. The number of nitrogens with zero attached hydrogens (tertiary/aromatic N) is 3. The van der Waals surface area contributed by atoms with Crippen LogP contribution < -0.4 is 10.6 Å². The molecule has 0 bridgehead atoms. The summed E-state index contributed by atoms with van der Waals surface area (Å²) in [4.78, 5) is 29.4. The van der Waals surface area contributed by atoms with Crippen LogP contribution in [-0.4, -0.2) is 51.1 Å². The Morgan fingerprint density at radius 2 is 1.97 bits per heavy atom. The predicted molar refractivity (Wildman–Crippen MR) is 119 cm³/mol. The fourth-order valence-electron chi connectivity index (χ4n) is 3.47. The van der Waals surface area contributed by atoms with E-state index in [-0.39, 0.29) is 18.1 Å². The summed E-state index contributed by atoms with van der Waals surface area (Å²) in [6, 6.07) is 12.9. The lowest BCUT2D eigenvalue weighted by Crippen LogP contribution is -2.35. The number of anilines is 1. The van der Waals surface area contributed by atoms with Crippen molar-refractivity contribution in [3.63, 3.8) is 0 Å². The standard InChI is InChI=1S/C23H27N5O4/c1-23(2,3)32-22(30)28-19-9-10-20(26-18(19)13-25-28)27-21(29)17-11-16(12-24-17)31-14-15-7-5-4-6-8-15/h4-10,13,16-17,24H,11-12,14H2,1-3H3,(H,26,27,29)/t16-,17+/m0/s1. The van der Waals surface area contributed by atoms with Gasteiger partial charge in [-0.2, -0.15) is 9.78 Å². The molecule has 32 heavy (non-hydrogen) atoms. The average molecular weight is 438 g/mol. The van der Waals surface area contributed by atoms with Crippen LogP contribution in [0.1, 0.15) is 32.8 Å². The van der Waals surface area contributed by atoms with Gasteiger partial charge in [0.1, 0.15) is 16.9 Å². The van der Waals surface area contributed by atoms with Gasteiger partial charge in [-0.05, 0) is 44.9 Å². The SMILES string of the molecule is CC(C)(C)OC(=O)n1ncc2nc(NC(=O)[C@H]3C[C@H](OCc4ccccc4)CN3)ccc21. The first-order chi connectivity index (χ1) is 15.3. The van der Waals surface area contributed by atoms with Gasteiger partial charge < -0.3 is 20.1 Å². The molecule has 1 aliphatic heterocycles. The Bertz CT molecular complexity index is 1110. The van der Waals surface area contributed by atoms with E-state index in [2.05, 4.69) is 20.7 Å². The molecular weight excluding hydrogens is 410 g/mol. The lowest BCUT2D eigenvalue weighted by atomic mass is 10.2. The third kappa shape index (κ3) is 5.30. The van der Waals surface area contributed by atoms with Crippen LogP contribution in [0.15, 0.2) is 48.7 Å². The van der Waals surface area contributed by atoms with Gasteiger partial charge in [0.15, 0.2) is 0 Å². The number of carbonyl (C=O) groups excluding carboxylic acids is 2. The molecule has 0 saturated carbocycles. The zero-order chi connectivity index (χ0) is 22.7. The highest BCUT2D eigenvalue weighted by atomic mass is 16.6. The molecule has 9 heteroatoms. The number of amides is 1. The highest BCUT2D eigenvalue weighted by molar-refractivity contribution is 5.95. The van der Waals surface area contributed by atoms with Crippen molar-refractivity contribution in [1.82, 2.24) is 20.1 Å². The summed E-state index contributed by atoms with van der Waals surface area (Å²) in [5, 5.41) is 10.1. The summed E-state index contributed by atoms with van der Waals surface area (Å²) in [7, 11) is 0. The minimum absolute atomic E-state index is 0.0338. The van der Waals surface area contributed by atoms with Gasteiger partial charge in [-0.25, -0.2) is 9.78 Å². The molecule has 1 fully saturated rings. The van der Waals surface area contributed by atoms with Gasteiger partial charge in [-0.15, -0.1) is 0 Å². The van der Waals surface area contributed by atoms with Gasteiger partial charge in [0.05, 0.1) is 30.5 Å². The lowest BCUT2D eigenvalue weighted by Gasteiger charge is -2.19. The first kappa shape index (κ1) is 21.9. The van der Waals surface area contributed by atoms with Crippen molar-refractivity contribution in [3.8, 4) is 0 Å². The van der Waals surface area contributed by atoms with Gasteiger partial charge in [-0.1, -0.05) is 30.3 Å². The number of hydrogen-bond acceptors (Lipinski definition) is 7. The fourth-order valence-corrected chi connectivity index (χ4v) is 3.47. The number of rotatable bonds is 5. The molecule has 168 valence electrons. The van der Waals surface area contributed by atoms with Crippen LogP contribution in [0.4, 0.5) is 10.6 Å². The van der Waals surface area contributed by atoms with Crippen LogP contribution in [0, 0.1) is 0 Å². The van der Waals surface area contributed by atoms with Crippen molar-refractivity contribution in [2.45, 2.75) is 51.5 Å². The second kappa shape index (κ2) is 9.05. The number of carbonyl (C=O) groups is 2. The van der Waals surface area contributed by atoms with E-state index in [1.807, 2.05) is 30.3 Å². The molecule has 0 unspecified atom stereocenters. The number of fused-ring (bicyclic) bond motifs is 1. The van der Waals surface area contributed by atoms with Crippen LogP contribution >= 0.6 is 0 Å². The maximum atomic E-state index is 12.7. The summed E-state index contributed by atoms with van der Waals surface area (Å²) in [6.45, 7) is 6.49. The van der Waals surface area contributed by atoms with Gasteiger partial charge in [0.25, 0.3) is 0 Å². The van der Waals surface area contributed by atoms with Crippen molar-refractivity contribution in [3.05, 3.63) is 54.2 Å². The smallest absolute Gasteiger partial charge is 0.435 e. The van der Waals surface area contributed by atoms with Crippen LogP contribution in [0.2, 0.25) is 0 Å². The molecule has 1 aromatic carbocycles. The van der Waals surface area contributed by atoms with E-state index in [9.17, 15) is 9.59 Å². The molecule has 3 heterocycles. The highest BCUT2D eigenvalue weighted by Gasteiger charge is 2.30. The molecule has 2 N–H and O–H groups in total. The van der Waals surface area contributed by atoms with E-state index in [1.165, 1.54) is 6.20 Å². The van der Waals surface area contributed by atoms with E-state index in [0.29, 0.717) is 36.4 Å². The Kier molecular flexibility index (Phi) is 6.20. The molecule has 1 amide bonds. The van der Waals surface area contributed by atoms with E-state index in [0.717, 1.165) is 10.2 Å². The molecule has 4 rings (SSSR count). The van der Waals surface area contributed by atoms with Gasteiger partial charge >= 0.3 is 6.09 Å². The molecular formula is C23H27N5O4. The van der Waals surface area contributed by atoms with Crippen molar-refractivity contribution >= 4 is 28.9 Å². The van der Waals surface area contributed by atoms with Crippen molar-refractivity contribution < 1.29 is 19.1 Å². The fraction of sp³-hybridized carbons (Fsp3) is 0.391. The minimum atomic E-state index is -0.631. The molecule has 0 radical (unpaired) electrons. The van der Waals surface area contributed by atoms with Crippen LogP contribution in [0.25, 0.3) is 11.0 Å². The topological polar surface area (TPSA) is 107 Å². The molecule has 0 aliphatic carbocycles. The summed E-state index contributed by atoms with van der Waals surface area (Å²) in [6.07, 6.45) is 1.43. The Labute approximate surface area is 186 Å². The van der Waals surface area contributed by atoms with Gasteiger partial charge in [-0.3, -0.25) is 4.79 Å².